The number of nitrogens with zero attached hydrogens (tertiary/aromatic N) is 3. The Kier molecular flexibility index (Phi) is 3.87. The minimum atomic E-state index is -0.252. The monoisotopic (exact) mass is 311 g/mol. The van der Waals surface area contributed by atoms with Crippen molar-refractivity contribution in [3.8, 4) is 6.07 Å². The van der Waals surface area contributed by atoms with Gasteiger partial charge in [-0.3, -0.25) is 4.98 Å². The maximum Gasteiger partial charge on any atom is 0.102 e. The van der Waals surface area contributed by atoms with E-state index in [0.29, 0.717) is 17.4 Å². The second kappa shape index (κ2) is 5.89. The van der Waals surface area contributed by atoms with E-state index >= 15 is 0 Å². The minimum absolute atomic E-state index is 0.252. The Morgan fingerprint density at radius 3 is 2.61 bits per heavy atom. The molecule has 0 amide bonds. The molecular formula is C19H25N3O. The third-order valence-electron chi connectivity index (χ3n) is 6.14. The number of piperidine rings is 1. The van der Waals surface area contributed by atoms with Crippen LogP contribution in [0.4, 0.5) is 0 Å². The van der Waals surface area contributed by atoms with Crippen LogP contribution in [-0.4, -0.2) is 36.6 Å². The molecule has 1 aliphatic heterocycles. The maximum absolute atomic E-state index is 9.23. The molecule has 4 nitrogen and oxygen atoms in total. The lowest BCUT2D eigenvalue weighted by atomic mass is 9.62. The van der Waals surface area contributed by atoms with E-state index in [4.69, 9.17) is 4.74 Å². The van der Waals surface area contributed by atoms with Crippen LogP contribution in [-0.2, 0) is 10.3 Å². The minimum Gasteiger partial charge on any atom is -0.373 e. The highest BCUT2D eigenvalue weighted by Gasteiger charge is 2.53. The topological polar surface area (TPSA) is 49.1 Å². The van der Waals surface area contributed by atoms with Gasteiger partial charge in [0.25, 0.3) is 0 Å². The van der Waals surface area contributed by atoms with E-state index in [1.54, 1.807) is 6.20 Å². The van der Waals surface area contributed by atoms with E-state index in [-0.39, 0.29) is 5.60 Å². The summed E-state index contributed by atoms with van der Waals surface area (Å²) in [5.74, 6) is 1.96. The highest BCUT2D eigenvalue weighted by atomic mass is 16.5. The van der Waals surface area contributed by atoms with Crippen molar-refractivity contribution in [2.75, 3.05) is 26.7 Å². The van der Waals surface area contributed by atoms with Crippen molar-refractivity contribution < 1.29 is 4.74 Å². The van der Waals surface area contributed by atoms with Crippen LogP contribution in [0.15, 0.2) is 18.5 Å². The Morgan fingerprint density at radius 1 is 1.26 bits per heavy atom. The van der Waals surface area contributed by atoms with Crippen molar-refractivity contribution in [2.24, 2.45) is 17.8 Å². The Balaban J connectivity index is 1.67. The summed E-state index contributed by atoms with van der Waals surface area (Å²) in [6.45, 7) is 3.51. The van der Waals surface area contributed by atoms with Gasteiger partial charge in [-0.25, -0.2) is 0 Å². The molecule has 4 rings (SSSR count). The fraction of sp³-hybridized carbons (Fsp3) is 0.684. The van der Waals surface area contributed by atoms with Crippen molar-refractivity contribution in [2.45, 2.75) is 37.7 Å². The van der Waals surface area contributed by atoms with Crippen molar-refractivity contribution in [1.82, 2.24) is 9.88 Å². The molecule has 0 spiro atoms. The normalized spacial score (nSPS) is 34.1. The lowest BCUT2D eigenvalue weighted by Gasteiger charge is -2.55. The van der Waals surface area contributed by atoms with E-state index < -0.39 is 0 Å². The Bertz CT molecular complexity index is 605. The molecule has 23 heavy (non-hydrogen) atoms. The van der Waals surface area contributed by atoms with Gasteiger partial charge < -0.3 is 9.64 Å². The second-order valence-electron chi connectivity index (χ2n) is 7.56. The third-order valence-corrected chi connectivity index (χ3v) is 6.14. The Labute approximate surface area is 138 Å². The predicted molar refractivity (Wildman–Crippen MR) is 87.6 cm³/mol. The molecule has 3 fully saturated rings. The number of likely N-dealkylation sites (tertiary alicyclic amines) is 1. The van der Waals surface area contributed by atoms with Gasteiger partial charge in [0.1, 0.15) is 11.7 Å². The zero-order valence-electron chi connectivity index (χ0n) is 13.9. The molecule has 1 aromatic rings. The molecule has 2 saturated carbocycles. The number of hydrogen-bond acceptors (Lipinski definition) is 4. The van der Waals surface area contributed by atoms with Gasteiger partial charge in [0.05, 0.1) is 5.56 Å². The smallest absolute Gasteiger partial charge is 0.102 e. The largest absolute Gasteiger partial charge is 0.373 e. The first kappa shape index (κ1) is 15.1. The molecule has 2 heterocycles. The molecule has 2 atom stereocenters. The third kappa shape index (κ3) is 2.56. The van der Waals surface area contributed by atoms with Crippen LogP contribution < -0.4 is 0 Å². The molecule has 1 saturated heterocycles. The number of aromatic nitrogens is 1. The highest BCUT2D eigenvalue weighted by Crippen LogP contribution is 2.51. The van der Waals surface area contributed by atoms with Crippen LogP contribution in [0.25, 0.3) is 0 Å². The van der Waals surface area contributed by atoms with Crippen molar-refractivity contribution in [3.63, 3.8) is 0 Å². The van der Waals surface area contributed by atoms with E-state index in [2.05, 4.69) is 16.0 Å². The summed E-state index contributed by atoms with van der Waals surface area (Å²) in [5, 5.41) is 9.23. The lowest BCUT2D eigenvalue weighted by Crippen LogP contribution is -2.59. The zero-order valence-corrected chi connectivity index (χ0v) is 13.9. The second-order valence-corrected chi connectivity index (χ2v) is 7.56. The highest BCUT2D eigenvalue weighted by molar-refractivity contribution is 5.34. The average Bonchev–Trinajstić information content (AvgIpc) is 3.38. The quantitative estimate of drug-likeness (QED) is 0.858. The van der Waals surface area contributed by atoms with Crippen LogP contribution in [0.5, 0.6) is 0 Å². The number of hydrogen-bond donors (Lipinski definition) is 0. The number of nitriles is 1. The Hall–Kier alpha value is -1.44. The molecule has 122 valence electrons. The van der Waals surface area contributed by atoms with E-state index in [0.717, 1.165) is 24.6 Å². The summed E-state index contributed by atoms with van der Waals surface area (Å²) in [6.07, 6.45) is 10.1. The molecular weight excluding hydrogens is 286 g/mol. The predicted octanol–water partition coefficient (Wildman–Crippen LogP) is 2.94. The lowest BCUT2D eigenvalue weighted by molar-refractivity contribution is -0.169. The van der Waals surface area contributed by atoms with Gasteiger partial charge in [-0.1, -0.05) is 6.42 Å². The van der Waals surface area contributed by atoms with E-state index in [1.807, 2.05) is 19.4 Å². The number of pyridine rings is 1. The first-order valence-corrected chi connectivity index (χ1v) is 8.89. The van der Waals surface area contributed by atoms with Crippen LogP contribution >= 0.6 is 0 Å². The average molecular weight is 311 g/mol. The van der Waals surface area contributed by atoms with Crippen LogP contribution in [0.2, 0.25) is 0 Å². The molecule has 1 aromatic heterocycles. The molecule has 2 aliphatic carbocycles. The van der Waals surface area contributed by atoms with Gasteiger partial charge in [-0.15, -0.1) is 0 Å². The van der Waals surface area contributed by atoms with Crippen molar-refractivity contribution in [1.29, 1.82) is 5.26 Å². The van der Waals surface area contributed by atoms with Gasteiger partial charge in [0, 0.05) is 56.5 Å². The summed E-state index contributed by atoms with van der Waals surface area (Å²) in [7, 11) is 1.85. The van der Waals surface area contributed by atoms with Crippen LogP contribution in [0.1, 0.15) is 43.2 Å². The number of methoxy groups -OCH3 is 1. The van der Waals surface area contributed by atoms with E-state index in [1.165, 1.54) is 38.6 Å². The zero-order chi connectivity index (χ0) is 15.9. The Morgan fingerprint density at radius 2 is 2.00 bits per heavy atom. The summed E-state index contributed by atoms with van der Waals surface area (Å²) < 4.78 is 6.22. The summed E-state index contributed by atoms with van der Waals surface area (Å²) >= 11 is 0. The molecule has 0 radical (unpaired) electrons. The summed E-state index contributed by atoms with van der Waals surface area (Å²) in [4.78, 5) is 6.98. The molecule has 0 N–H and O–H groups in total. The van der Waals surface area contributed by atoms with Gasteiger partial charge in [0.2, 0.25) is 0 Å². The molecule has 0 aromatic carbocycles. The molecule has 3 aliphatic rings. The SMILES string of the molecule is COC1(c2cncc(C#N)c2)C2CCCC1CN(CC1CC1)C2. The van der Waals surface area contributed by atoms with Crippen LogP contribution in [0.3, 0.4) is 0 Å². The number of ether oxygens (including phenoxy) is 1. The van der Waals surface area contributed by atoms with Gasteiger partial charge in [0.15, 0.2) is 0 Å². The van der Waals surface area contributed by atoms with Crippen molar-refractivity contribution in [3.05, 3.63) is 29.6 Å². The fourth-order valence-electron chi connectivity index (χ4n) is 4.98. The summed E-state index contributed by atoms with van der Waals surface area (Å²) in [5.41, 5.74) is 1.50. The summed E-state index contributed by atoms with van der Waals surface area (Å²) in [6, 6.07) is 4.23. The number of fused-ring (bicyclic) bond motifs is 2. The van der Waals surface area contributed by atoms with Gasteiger partial charge >= 0.3 is 0 Å². The van der Waals surface area contributed by atoms with Gasteiger partial charge in [-0.05, 0) is 37.7 Å². The fourth-order valence-corrected chi connectivity index (χ4v) is 4.98. The van der Waals surface area contributed by atoms with Crippen LogP contribution in [0, 0.1) is 29.1 Å². The number of rotatable bonds is 4. The standard InChI is InChI=1S/C19H25N3O/c1-23-19(18-7-15(8-20)9-21-10-18)16-3-2-4-17(19)13-22(12-16)11-14-5-6-14/h7,9-10,14,16-17H,2-6,11-13H2,1H3. The van der Waals surface area contributed by atoms with E-state index in [9.17, 15) is 5.26 Å². The molecule has 2 unspecified atom stereocenters. The van der Waals surface area contributed by atoms with Crippen molar-refractivity contribution >= 4 is 0 Å². The first-order chi connectivity index (χ1) is 11.3. The molecule has 2 bridgehead atoms. The first-order valence-electron chi connectivity index (χ1n) is 8.89. The molecule has 4 heteroatoms. The van der Waals surface area contributed by atoms with Gasteiger partial charge in [-0.2, -0.15) is 5.26 Å². The maximum atomic E-state index is 9.23.